The monoisotopic (exact) mass is 247 g/mol. The molecule has 1 aromatic carbocycles. The van der Waals surface area contributed by atoms with E-state index in [1.807, 2.05) is 6.07 Å². The quantitative estimate of drug-likeness (QED) is 0.851. The van der Waals surface area contributed by atoms with Crippen LogP contribution in [-0.4, -0.2) is 12.1 Å². The Morgan fingerprint density at radius 3 is 2.44 bits per heavy atom. The number of nitrogens with one attached hydrogen (secondary N) is 1. The van der Waals surface area contributed by atoms with Gasteiger partial charge in [0.15, 0.2) is 0 Å². The number of hydrogen-bond donors (Lipinski definition) is 1. The highest BCUT2D eigenvalue weighted by atomic mass is 16.5. The first-order valence-electron chi connectivity index (χ1n) is 7.08. The van der Waals surface area contributed by atoms with Crippen molar-refractivity contribution in [2.45, 2.75) is 58.7 Å². The molecule has 1 atom stereocenters. The lowest BCUT2D eigenvalue weighted by Crippen LogP contribution is -2.41. The molecule has 1 N–H and O–H groups in total. The maximum absolute atomic E-state index is 5.88. The summed E-state index contributed by atoms with van der Waals surface area (Å²) in [6, 6.07) is 9.40. The normalized spacial score (nSPS) is 24.7. The second kappa shape index (κ2) is 5.75. The van der Waals surface area contributed by atoms with E-state index in [2.05, 4.69) is 51.2 Å². The highest BCUT2D eigenvalue weighted by molar-refractivity contribution is 5.35. The molecular weight excluding hydrogens is 222 g/mol. The summed E-state index contributed by atoms with van der Waals surface area (Å²) in [7, 11) is 0. The van der Waals surface area contributed by atoms with Gasteiger partial charge in [0, 0.05) is 17.6 Å². The molecule has 1 aliphatic rings. The van der Waals surface area contributed by atoms with Crippen LogP contribution in [0.1, 0.15) is 52.1 Å². The van der Waals surface area contributed by atoms with Crippen molar-refractivity contribution in [3.8, 4) is 5.75 Å². The lowest BCUT2D eigenvalue weighted by Gasteiger charge is -2.36. The first-order valence-corrected chi connectivity index (χ1v) is 7.08. The van der Waals surface area contributed by atoms with E-state index in [1.54, 1.807) is 0 Å². The molecular formula is C16H25NO. The summed E-state index contributed by atoms with van der Waals surface area (Å²) in [4.78, 5) is 0. The zero-order chi connectivity index (χ0) is 13.1. The summed E-state index contributed by atoms with van der Waals surface area (Å²) in [5.41, 5.74) is 1.27. The van der Waals surface area contributed by atoms with Crippen LogP contribution in [0.5, 0.6) is 5.75 Å². The first kappa shape index (κ1) is 13.4. The predicted molar refractivity (Wildman–Crippen MR) is 75.9 cm³/mol. The Labute approximate surface area is 111 Å². The minimum Gasteiger partial charge on any atom is -0.491 e. The SMILES string of the molecule is CC1CC(NC(C)c2ccccc2OC(C)C)C1. The smallest absolute Gasteiger partial charge is 0.124 e. The number of hydrogen-bond acceptors (Lipinski definition) is 2. The van der Waals surface area contributed by atoms with Crippen LogP contribution in [0, 0.1) is 5.92 Å². The number of ether oxygens (including phenoxy) is 1. The Hall–Kier alpha value is -1.02. The molecule has 0 heterocycles. The van der Waals surface area contributed by atoms with Crippen LogP contribution in [-0.2, 0) is 0 Å². The first-order chi connectivity index (χ1) is 8.56. The van der Waals surface area contributed by atoms with Gasteiger partial charge in [-0.3, -0.25) is 0 Å². The lowest BCUT2D eigenvalue weighted by molar-refractivity contribution is 0.217. The maximum Gasteiger partial charge on any atom is 0.124 e. The maximum atomic E-state index is 5.88. The zero-order valence-corrected chi connectivity index (χ0v) is 11.9. The van der Waals surface area contributed by atoms with E-state index in [4.69, 9.17) is 4.74 Å². The summed E-state index contributed by atoms with van der Waals surface area (Å²) < 4.78 is 5.88. The van der Waals surface area contributed by atoms with Gasteiger partial charge in [-0.05, 0) is 45.6 Å². The summed E-state index contributed by atoms with van der Waals surface area (Å²) in [5.74, 6) is 1.90. The van der Waals surface area contributed by atoms with Crippen LogP contribution < -0.4 is 10.1 Å². The zero-order valence-electron chi connectivity index (χ0n) is 11.9. The van der Waals surface area contributed by atoms with E-state index in [1.165, 1.54) is 18.4 Å². The van der Waals surface area contributed by atoms with Gasteiger partial charge in [-0.1, -0.05) is 25.1 Å². The topological polar surface area (TPSA) is 21.3 Å². The van der Waals surface area contributed by atoms with Crippen molar-refractivity contribution in [2.24, 2.45) is 5.92 Å². The second-order valence-corrected chi connectivity index (χ2v) is 5.87. The standard InChI is InChI=1S/C16H25NO/c1-11(2)18-16-8-6-5-7-15(16)13(4)17-14-9-12(3)10-14/h5-8,11-14,17H,9-10H2,1-4H3. The molecule has 0 amide bonds. The van der Waals surface area contributed by atoms with Crippen molar-refractivity contribution in [3.05, 3.63) is 29.8 Å². The van der Waals surface area contributed by atoms with Gasteiger partial charge in [0.05, 0.1) is 6.10 Å². The number of para-hydroxylation sites is 1. The van der Waals surface area contributed by atoms with E-state index >= 15 is 0 Å². The van der Waals surface area contributed by atoms with Crippen molar-refractivity contribution in [1.82, 2.24) is 5.32 Å². The van der Waals surface area contributed by atoms with E-state index in [-0.39, 0.29) is 6.10 Å². The molecule has 18 heavy (non-hydrogen) atoms. The van der Waals surface area contributed by atoms with Crippen LogP contribution in [0.4, 0.5) is 0 Å². The molecule has 0 aromatic heterocycles. The molecule has 1 aromatic rings. The summed E-state index contributed by atoms with van der Waals surface area (Å²) >= 11 is 0. The fraction of sp³-hybridized carbons (Fsp3) is 0.625. The van der Waals surface area contributed by atoms with Gasteiger partial charge in [-0.25, -0.2) is 0 Å². The molecule has 2 nitrogen and oxygen atoms in total. The van der Waals surface area contributed by atoms with E-state index < -0.39 is 0 Å². The van der Waals surface area contributed by atoms with Gasteiger partial charge in [0.1, 0.15) is 5.75 Å². The van der Waals surface area contributed by atoms with E-state index in [9.17, 15) is 0 Å². The summed E-state index contributed by atoms with van der Waals surface area (Å²) in [6.07, 6.45) is 2.83. The van der Waals surface area contributed by atoms with E-state index in [0.29, 0.717) is 12.1 Å². The predicted octanol–water partition coefficient (Wildman–Crippen LogP) is 3.92. The van der Waals surface area contributed by atoms with Gasteiger partial charge < -0.3 is 10.1 Å². The van der Waals surface area contributed by atoms with Gasteiger partial charge in [-0.2, -0.15) is 0 Å². The molecule has 1 saturated carbocycles. The fourth-order valence-electron chi connectivity index (χ4n) is 2.68. The fourth-order valence-corrected chi connectivity index (χ4v) is 2.68. The molecule has 1 aliphatic carbocycles. The van der Waals surface area contributed by atoms with Crippen LogP contribution in [0.25, 0.3) is 0 Å². The Kier molecular flexibility index (Phi) is 4.28. The van der Waals surface area contributed by atoms with Gasteiger partial charge in [0.2, 0.25) is 0 Å². The largest absolute Gasteiger partial charge is 0.491 e. The summed E-state index contributed by atoms with van der Waals surface area (Å²) in [6.45, 7) is 8.69. The van der Waals surface area contributed by atoms with Crippen LogP contribution in [0.15, 0.2) is 24.3 Å². The number of benzene rings is 1. The Balaban J connectivity index is 2.02. The highest BCUT2D eigenvalue weighted by Crippen LogP contribution is 2.31. The van der Waals surface area contributed by atoms with Gasteiger partial charge in [-0.15, -0.1) is 0 Å². The average molecular weight is 247 g/mol. The molecule has 1 fully saturated rings. The van der Waals surface area contributed by atoms with E-state index in [0.717, 1.165) is 11.7 Å². The Bertz CT molecular complexity index is 382. The third kappa shape index (κ3) is 3.26. The molecule has 0 spiro atoms. The second-order valence-electron chi connectivity index (χ2n) is 5.87. The highest BCUT2D eigenvalue weighted by Gasteiger charge is 2.27. The van der Waals surface area contributed by atoms with Crippen molar-refractivity contribution >= 4 is 0 Å². The average Bonchev–Trinajstić information content (AvgIpc) is 2.26. The van der Waals surface area contributed by atoms with Crippen molar-refractivity contribution in [2.75, 3.05) is 0 Å². The van der Waals surface area contributed by atoms with Crippen molar-refractivity contribution in [3.63, 3.8) is 0 Å². The summed E-state index contributed by atoms with van der Waals surface area (Å²) in [5, 5.41) is 3.70. The minimum atomic E-state index is 0.224. The molecule has 0 aliphatic heterocycles. The molecule has 0 saturated heterocycles. The van der Waals surface area contributed by atoms with Crippen LogP contribution in [0.2, 0.25) is 0 Å². The van der Waals surface area contributed by atoms with Crippen molar-refractivity contribution in [1.29, 1.82) is 0 Å². The molecule has 2 rings (SSSR count). The van der Waals surface area contributed by atoms with Crippen LogP contribution in [0.3, 0.4) is 0 Å². The van der Waals surface area contributed by atoms with Crippen molar-refractivity contribution < 1.29 is 4.74 Å². The molecule has 0 bridgehead atoms. The lowest BCUT2D eigenvalue weighted by atomic mass is 9.81. The Morgan fingerprint density at radius 2 is 1.83 bits per heavy atom. The van der Waals surface area contributed by atoms with Crippen LogP contribution >= 0.6 is 0 Å². The molecule has 100 valence electrons. The molecule has 1 unspecified atom stereocenters. The third-order valence-corrected chi connectivity index (χ3v) is 3.61. The molecule has 0 radical (unpaired) electrons. The van der Waals surface area contributed by atoms with Gasteiger partial charge in [0.25, 0.3) is 0 Å². The number of rotatable bonds is 5. The molecule has 2 heteroatoms. The van der Waals surface area contributed by atoms with Gasteiger partial charge >= 0.3 is 0 Å². The Morgan fingerprint density at radius 1 is 1.17 bits per heavy atom. The minimum absolute atomic E-state index is 0.224. The third-order valence-electron chi connectivity index (χ3n) is 3.61.